The predicted octanol–water partition coefficient (Wildman–Crippen LogP) is 4.53. The van der Waals surface area contributed by atoms with Gasteiger partial charge in [-0.05, 0) is 35.9 Å². The number of benzene rings is 2. The van der Waals surface area contributed by atoms with Crippen molar-refractivity contribution in [3.63, 3.8) is 0 Å². The molecule has 0 bridgehead atoms. The second-order valence-electron chi connectivity index (χ2n) is 3.97. The van der Waals surface area contributed by atoms with Crippen LogP contribution in [-0.2, 0) is 5.33 Å². The summed E-state index contributed by atoms with van der Waals surface area (Å²) in [4.78, 5) is 0. The zero-order valence-corrected chi connectivity index (χ0v) is 10.9. The average molecular weight is 306 g/mol. The van der Waals surface area contributed by atoms with Crippen molar-refractivity contribution in [2.75, 3.05) is 0 Å². The van der Waals surface area contributed by atoms with E-state index in [2.05, 4.69) is 21.1 Å². The van der Waals surface area contributed by atoms with Gasteiger partial charge in [0.1, 0.15) is 11.3 Å². The molecule has 4 heteroatoms. The molecular formula is C14H9BrFNO. The van der Waals surface area contributed by atoms with E-state index in [0.29, 0.717) is 5.76 Å². The number of hydrogen-bond donors (Lipinski definition) is 0. The third-order valence-corrected chi connectivity index (χ3v) is 3.45. The van der Waals surface area contributed by atoms with Gasteiger partial charge in [-0.25, -0.2) is 4.39 Å². The molecule has 0 aliphatic heterocycles. The van der Waals surface area contributed by atoms with Crippen molar-refractivity contribution in [3.05, 3.63) is 53.8 Å². The predicted molar refractivity (Wildman–Crippen MR) is 72.0 cm³/mol. The van der Waals surface area contributed by atoms with Gasteiger partial charge in [0.05, 0.1) is 5.39 Å². The highest BCUT2D eigenvalue weighted by Crippen LogP contribution is 2.30. The highest BCUT2D eigenvalue weighted by Gasteiger charge is 2.12. The minimum absolute atomic E-state index is 0.260. The van der Waals surface area contributed by atoms with Crippen LogP contribution in [0.2, 0.25) is 0 Å². The van der Waals surface area contributed by atoms with Crippen molar-refractivity contribution in [1.82, 2.24) is 5.16 Å². The third-order valence-electron chi connectivity index (χ3n) is 2.84. The molecule has 0 unspecified atom stereocenters. The van der Waals surface area contributed by atoms with Gasteiger partial charge in [0.15, 0.2) is 5.76 Å². The number of fused-ring (bicyclic) bond motifs is 1. The van der Waals surface area contributed by atoms with Gasteiger partial charge in [-0.2, -0.15) is 0 Å². The maximum atomic E-state index is 12.9. The SMILES string of the molecule is Fc1ccc(-c2onc3c(CBr)cccc23)cc1. The minimum Gasteiger partial charge on any atom is -0.355 e. The Morgan fingerprint density at radius 3 is 2.61 bits per heavy atom. The van der Waals surface area contributed by atoms with Crippen LogP contribution in [0.1, 0.15) is 5.56 Å². The summed E-state index contributed by atoms with van der Waals surface area (Å²) in [6.45, 7) is 0. The first-order valence-electron chi connectivity index (χ1n) is 5.49. The fourth-order valence-electron chi connectivity index (χ4n) is 1.94. The summed E-state index contributed by atoms with van der Waals surface area (Å²) in [5.74, 6) is 0.413. The Bertz CT molecular complexity index is 691. The molecule has 0 spiro atoms. The number of aromatic nitrogens is 1. The lowest BCUT2D eigenvalue weighted by Crippen LogP contribution is -1.80. The molecule has 0 amide bonds. The number of nitrogens with zero attached hydrogens (tertiary/aromatic N) is 1. The quantitative estimate of drug-likeness (QED) is 0.650. The third kappa shape index (κ3) is 1.82. The number of halogens is 2. The lowest BCUT2D eigenvalue weighted by molar-refractivity contribution is 0.440. The van der Waals surface area contributed by atoms with Crippen LogP contribution in [0.15, 0.2) is 47.0 Å². The summed E-state index contributed by atoms with van der Waals surface area (Å²) >= 11 is 3.42. The molecule has 18 heavy (non-hydrogen) atoms. The molecule has 2 aromatic carbocycles. The fourth-order valence-corrected chi connectivity index (χ4v) is 2.39. The number of alkyl halides is 1. The average Bonchev–Trinajstić information content (AvgIpc) is 2.83. The van der Waals surface area contributed by atoms with Gasteiger partial charge in [-0.1, -0.05) is 33.2 Å². The molecule has 0 N–H and O–H groups in total. The Balaban J connectivity index is 2.21. The van der Waals surface area contributed by atoms with Crippen LogP contribution in [0.4, 0.5) is 4.39 Å². The van der Waals surface area contributed by atoms with E-state index in [4.69, 9.17) is 4.52 Å². The van der Waals surface area contributed by atoms with E-state index in [1.54, 1.807) is 12.1 Å². The summed E-state index contributed by atoms with van der Waals surface area (Å²) in [7, 11) is 0. The fraction of sp³-hybridized carbons (Fsp3) is 0.0714. The van der Waals surface area contributed by atoms with Crippen LogP contribution < -0.4 is 0 Å². The molecule has 3 aromatic rings. The highest BCUT2D eigenvalue weighted by molar-refractivity contribution is 9.08. The Hall–Kier alpha value is -1.68. The second kappa shape index (κ2) is 4.53. The van der Waals surface area contributed by atoms with Gasteiger partial charge >= 0.3 is 0 Å². The lowest BCUT2D eigenvalue weighted by atomic mass is 10.1. The first-order chi connectivity index (χ1) is 8.79. The smallest absolute Gasteiger partial charge is 0.174 e. The van der Waals surface area contributed by atoms with Gasteiger partial charge in [0.2, 0.25) is 0 Å². The normalized spacial score (nSPS) is 11.0. The van der Waals surface area contributed by atoms with Crippen molar-refractivity contribution in [2.45, 2.75) is 5.33 Å². The van der Waals surface area contributed by atoms with Crippen LogP contribution >= 0.6 is 15.9 Å². The van der Waals surface area contributed by atoms with Crippen LogP contribution in [0.3, 0.4) is 0 Å². The van der Waals surface area contributed by atoms with Crippen molar-refractivity contribution in [3.8, 4) is 11.3 Å². The maximum absolute atomic E-state index is 12.9. The summed E-state index contributed by atoms with van der Waals surface area (Å²) < 4.78 is 18.3. The molecule has 3 rings (SSSR count). The minimum atomic E-state index is -0.260. The largest absolute Gasteiger partial charge is 0.355 e. The molecule has 0 atom stereocenters. The van der Waals surface area contributed by atoms with E-state index in [9.17, 15) is 4.39 Å². The van der Waals surface area contributed by atoms with Crippen molar-refractivity contribution < 1.29 is 8.91 Å². The molecule has 1 aromatic heterocycles. The monoisotopic (exact) mass is 305 g/mol. The molecule has 0 saturated heterocycles. The maximum Gasteiger partial charge on any atom is 0.174 e. The van der Waals surface area contributed by atoms with E-state index in [-0.39, 0.29) is 5.82 Å². The lowest BCUT2D eigenvalue weighted by Gasteiger charge is -1.98. The van der Waals surface area contributed by atoms with E-state index in [1.807, 2.05) is 18.2 Å². The highest BCUT2D eigenvalue weighted by atomic mass is 79.9. The van der Waals surface area contributed by atoms with Crippen LogP contribution in [0.5, 0.6) is 0 Å². The van der Waals surface area contributed by atoms with Gasteiger partial charge in [-0.15, -0.1) is 0 Å². The Labute approximate surface area is 112 Å². The zero-order chi connectivity index (χ0) is 12.5. The van der Waals surface area contributed by atoms with Gasteiger partial charge in [-0.3, -0.25) is 0 Å². The van der Waals surface area contributed by atoms with Crippen molar-refractivity contribution >= 4 is 26.8 Å². The van der Waals surface area contributed by atoms with E-state index < -0.39 is 0 Å². The first-order valence-corrected chi connectivity index (χ1v) is 6.61. The zero-order valence-electron chi connectivity index (χ0n) is 9.36. The molecule has 0 saturated carbocycles. The van der Waals surface area contributed by atoms with Gasteiger partial charge in [0.25, 0.3) is 0 Å². The van der Waals surface area contributed by atoms with Crippen LogP contribution in [0, 0.1) is 5.82 Å². The molecule has 1 heterocycles. The van der Waals surface area contributed by atoms with E-state index in [1.165, 1.54) is 12.1 Å². The molecule has 0 radical (unpaired) electrons. The summed E-state index contributed by atoms with van der Waals surface area (Å²) in [5.41, 5.74) is 2.74. The number of rotatable bonds is 2. The standard InChI is InChI=1S/C14H9BrFNO/c15-8-10-2-1-3-12-13(10)17-18-14(12)9-4-6-11(16)7-5-9/h1-7H,8H2. The molecule has 0 aliphatic carbocycles. The topological polar surface area (TPSA) is 26.0 Å². The molecule has 0 aliphatic rings. The second-order valence-corrected chi connectivity index (χ2v) is 4.53. The van der Waals surface area contributed by atoms with Crippen molar-refractivity contribution in [1.29, 1.82) is 0 Å². The molecular weight excluding hydrogens is 297 g/mol. The number of hydrogen-bond acceptors (Lipinski definition) is 2. The van der Waals surface area contributed by atoms with E-state index in [0.717, 1.165) is 27.4 Å². The summed E-state index contributed by atoms with van der Waals surface area (Å²) in [6.07, 6.45) is 0. The first kappa shape index (κ1) is 11.4. The Morgan fingerprint density at radius 1 is 1.11 bits per heavy atom. The summed E-state index contributed by atoms with van der Waals surface area (Å²) in [5, 5.41) is 5.75. The van der Waals surface area contributed by atoms with E-state index >= 15 is 0 Å². The van der Waals surface area contributed by atoms with Gasteiger partial charge < -0.3 is 4.52 Å². The molecule has 90 valence electrons. The van der Waals surface area contributed by atoms with Gasteiger partial charge in [0, 0.05) is 10.9 Å². The molecule has 2 nitrogen and oxygen atoms in total. The Kier molecular flexibility index (Phi) is 2.88. The van der Waals surface area contributed by atoms with Crippen molar-refractivity contribution in [2.24, 2.45) is 0 Å². The Morgan fingerprint density at radius 2 is 1.89 bits per heavy atom. The van der Waals surface area contributed by atoms with Crippen LogP contribution in [-0.4, -0.2) is 5.16 Å². The summed E-state index contributed by atoms with van der Waals surface area (Å²) in [6, 6.07) is 12.1. The molecule has 0 fully saturated rings. The van der Waals surface area contributed by atoms with Crippen LogP contribution in [0.25, 0.3) is 22.2 Å².